The third kappa shape index (κ3) is 10.6. The van der Waals surface area contributed by atoms with Crippen LogP contribution in [0, 0.1) is 5.92 Å². The van der Waals surface area contributed by atoms with Crippen LogP contribution in [0.3, 0.4) is 0 Å². The van der Waals surface area contributed by atoms with Crippen LogP contribution in [0.25, 0.3) is 0 Å². The number of unbranched alkanes of at least 4 members (excludes halogenated alkanes) is 6. The van der Waals surface area contributed by atoms with Crippen molar-refractivity contribution in [3.63, 3.8) is 0 Å². The number of allylic oxidation sites excluding steroid dienone is 3. The minimum absolute atomic E-state index is 0.265. The number of benzene rings is 1. The third-order valence-electron chi connectivity index (χ3n) is 7.02. The van der Waals surface area contributed by atoms with E-state index in [4.69, 9.17) is 9.47 Å². The van der Waals surface area contributed by atoms with Gasteiger partial charge >= 0.3 is 0 Å². The van der Waals surface area contributed by atoms with Gasteiger partial charge in [0.05, 0.1) is 13.2 Å². The van der Waals surface area contributed by atoms with Crippen molar-refractivity contribution in [2.24, 2.45) is 5.92 Å². The van der Waals surface area contributed by atoms with E-state index < -0.39 is 0 Å². The molecule has 0 saturated carbocycles. The Kier molecular flexibility index (Phi) is 15.4. The third-order valence-corrected chi connectivity index (χ3v) is 8.14. The number of hydrogen-bond acceptors (Lipinski definition) is 2. The van der Waals surface area contributed by atoms with Gasteiger partial charge in [-0.1, -0.05) is 75.4 Å². The Balaban J connectivity index is 2.43. The first-order chi connectivity index (χ1) is 17.0. The zero-order valence-electron chi connectivity index (χ0n) is 22.5. The number of aryl methyl sites for hydroxylation is 1. The lowest BCUT2D eigenvalue weighted by atomic mass is 9.73. The van der Waals surface area contributed by atoms with Gasteiger partial charge in [-0.05, 0) is 102 Å². The van der Waals surface area contributed by atoms with Gasteiger partial charge in [-0.25, -0.2) is 0 Å². The molecule has 0 heterocycles. The Morgan fingerprint density at radius 1 is 0.914 bits per heavy atom. The second-order valence-corrected chi connectivity index (χ2v) is 11.8. The highest BCUT2D eigenvalue weighted by molar-refractivity contribution is 9.09. The van der Waals surface area contributed by atoms with Crippen LogP contribution in [-0.2, 0) is 6.42 Å². The molecule has 0 amide bonds. The molecule has 0 N–H and O–H groups in total. The van der Waals surface area contributed by atoms with Crippen molar-refractivity contribution in [2.75, 3.05) is 23.9 Å². The van der Waals surface area contributed by atoms with Gasteiger partial charge in [0, 0.05) is 22.1 Å². The maximum absolute atomic E-state index is 6.57. The first kappa shape index (κ1) is 30.5. The molecular formula is C31H48Br2O2. The molecule has 0 spiro atoms. The zero-order valence-corrected chi connectivity index (χ0v) is 25.7. The molecule has 198 valence electrons. The number of alkyl halides is 2. The van der Waals surface area contributed by atoms with E-state index in [1.807, 2.05) is 0 Å². The smallest absolute Gasteiger partial charge is 0.127 e. The second kappa shape index (κ2) is 17.7. The van der Waals surface area contributed by atoms with Gasteiger partial charge in [-0.15, -0.1) is 0 Å². The molecule has 0 saturated heterocycles. The van der Waals surface area contributed by atoms with E-state index in [1.54, 1.807) is 0 Å². The number of rotatable bonds is 18. The van der Waals surface area contributed by atoms with Crippen molar-refractivity contribution in [3.8, 4) is 11.5 Å². The van der Waals surface area contributed by atoms with Crippen LogP contribution < -0.4 is 9.47 Å². The van der Waals surface area contributed by atoms with Crippen LogP contribution in [0.4, 0.5) is 0 Å². The van der Waals surface area contributed by atoms with E-state index in [2.05, 4.69) is 77.4 Å². The minimum atomic E-state index is 0.265. The first-order valence-corrected chi connectivity index (χ1v) is 16.1. The standard InChI is InChI=1S/C31H48Br2O2/c1-5-6-9-14-26-22-29(34-19-12-7-10-17-32)31(30(23-26)35-20-13-8-11-18-33)28-21-25(4)15-16-27(28)24(2)3/h21-23,27-28H,2,5-20H2,1,3-4H3/t27-,28+/m0/s1. The number of ether oxygens (including phenoxy) is 2. The van der Waals surface area contributed by atoms with Gasteiger partial charge in [-0.3, -0.25) is 0 Å². The van der Waals surface area contributed by atoms with E-state index in [-0.39, 0.29) is 5.92 Å². The Morgan fingerprint density at radius 3 is 2.03 bits per heavy atom. The fourth-order valence-electron chi connectivity index (χ4n) is 4.96. The van der Waals surface area contributed by atoms with Gasteiger partial charge in [-0.2, -0.15) is 0 Å². The summed E-state index contributed by atoms with van der Waals surface area (Å²) in [4.78, 5) is 0. The molecular weight excluding hydrogens is 564 g/mol. The highest BCUT2D eigenvalue weighted by Crippen LogP contribution is 2.47. The van der Waals surface area contributed by atoms with Gasteiger partial charge in [0.2, 0.25) is 0 Å². The van der Waals surface area contributed by atoms with Crippen molar-refractivity contribution in [1.29, 1.82) is 0 Å². The molecule has 35 heavy (non-hydrogen) atoms. The predicted molar refractivity (Wildman–Crippen MR) is 160 cm³/mol. The lowest BCUT2D eigenvalue weighted by molar-refractivity contribution is 0.279. The van der Waals surface area contributed by atoms with E-state index in [9.17, 15) is 0 Å². The lowest BCUT2D eigenvalue weighted by Gasteiger charge is -2.33. The molecule has 2 atom stereocenters. The van der Waals surface area contributed by atoms with Crippen LogP contribution in [0.2, 0.25) is 0 Å². The van der Waals surface area contributed by atoms with Crippen molar-refractivity contribution in [1.82, 2.24) is 0 Å². The summed E-state index contributed by atoms with van der Waals surface area (Å²) in [5, 5.41) is 2.12. The van der Waals surface area contributed by atoms with E-state index in [0.29, 0.717) is 5.92 Å². The number of hydrogen-bond donors (Lipinski definition) is 0. The molecule has 0 radical (unpaired) electrons. The van der Waals surface area contributed by atoms with Crippen LogP contribution in [0.1, 0.15) is 108 Å². The number of halogens is 2. The summed E-state index contributed by atoms with van der Waals surface area (Å²) in [7, 11) is 0. The van der Waals surface area contributed by atoms with E-state index in [1.165, 1.54) is 67.2 Å². The fourth-order valence-corrected chi connectivity index (χ4v) is 5.76. The largest absolute Gasteiger partial charge is 0.493 e. The summed E-state index contributed by atoms with van der Waals surface area (Å²) in [6, 6.07) is 4.64. The van der Waals surface area contributed by atoms with Crippen LogP contribution >= 0.6 is 31.9 Å². The molecule has 0 aromatic heterocycles. The quantitative estimate of drug-likeness (QED) is 0.0933. The van der Waals surface area contributed by atoms with Gasteiger partial charge in [0.15, 0.2) is 0 Å². The molecule has 2 rings (SSSR count). The molecule has 0 aliphatic heterocycles. The minimum Gasteiger partial charge on any atom is -0.493 e. The Morgan fingerprint density at radius 2 is 1.51 bits per heavy atom. The molecule has 0 bridgehead atoms. The molecule has 1 aliphatic rings. The van der Waals surface area contributed by atoms with Crippen molar-refractivity contribution in [3.05, 3.63) is 47.1 Å². The maximum atomic E-state index is 6.57. The average Bonchev–Trinajstić information content (AvgIpc) is 2.83. The van der Waals surface area contributed by atoms with Crippen molar-refractivity contribution < 1.29 is 9.47 Å². The van der Waals surface area contributed by atoms with E-state index >= 15 is 0 Å². The summed E-state index contributed by atoms with van der Waals surface area (Å²) in [5.41, 5.74) is 5.32. The average molecular weight is 613 g/mol. The maximum Gasteiger partial charge on any atom is 0.127 e. The predicted octanol–water partition coefficient (Wildman–Crippen LogP) is 10.3. The normalized spacial score (nSPS) is 17.8. The first-order valence-electron chi connectivity index (χ1n) is 13.9. The van der Waals surface area contributed by atoms with Gasteiger partial charge < -0.3 is 9.47 Å². The van der Waals surface area contributed by atoms with Gasteiger partial charge in [0.25, 0.3) is 0 Å². The monoisotopic (exact) mass is 610 g/mol. The molecule has 2 nitrogen and oxygen atoms in total. The topological polar surface area (TPSA) is 18.5 Å². The van der Waals surface area contributed by atoms with Crippen molar-refractivity contribution >= 4 is 31.9 Å². The molecule has 4 heteroatoms. The molecule has 1 aromatic carbocycles. The molecule has 1 aromatic rings. The lowest BCUT2D eigenvalue weighted by Crippen LogP contribution is -2.19. The van der Waals surface area contributed by atoms with Crippen LogP contribution in [0.5, 0.6) is 11.5 Å². The molecule has 0 unspecified atom stereocenters. The summed E-state index contributed by atoms with van der Waals surface area (Å²) in [5.74, 6) is 2.77. The van der Waals surface area contributed by atoms with E-state index in [0.717, 1.165) is 67.5 Å². The molecule has 0 fully saturated rings. The van der Waals surface area contributed by atoms with Crippen LogP contribution in [0.15, 0.2) is 35.9 Å². The summed E-state index contributed by atoms with van der Waals surface area (Å²) < 4.78 is 13.1. The van der Waals surface area contributed by atoms with Gasteiger partial charge in [0.1, 0.15) is 11.5 Å². The molecule has 1 aliphatic carbocycles. The highest BCUT2D eigenvalue weighted by atomic mass is 79.9. The van der Waals surface area contributed by atoms with Crippen molar-refractivity contribution in [2.45, 2.75) is 104 Å². The summed E-state index contributed by atoms with van der Waals surface area (Å²) in [6.45, 7) is 12.6. The summed E-state index contributed by atoms with van der Waals surface area (Å²) >= 11 is 7.10. The zero-order chi connectivity index (χ0) is 25.5. The fraction of sp³-hybridized carbons (Fsp3) is 0.677. The Labute approximate surface area is 232 Å². The SMILES string of the molecule is C=C(C)[C@@H]1CCC(C)=C[C@H]1c1c(OCCCCCBr)cc(CCCCC)cc1OCCCCCBr. The van der Waals surface area contributed by atoms with Crippen LogP contribution in [-0.4, -0.2) is 23.9 Å². The Hall–Kier alpha value is -0.740. The highest BCUT2D eigenvalue weighted by Gasteiger charge is 2.31. The summed E-state index contributed by atoms with van der Waals surface area (Å²) in [6.07, 6.45) is 16.5. The second-order valence-electron chi connectivity index (χ2n) is 10.2. The Bertz CT molecular complexity index is 751.